The third-order valence-electron chi connectivity index (χ3n) is 4.67. The van der Waals surface area contributed by atoms with Gasteiger partial charge in [-0.25, -0.2) is 15.0 Å². The number of amides is 1. The second-order valence-corrected chi connectivity index (χ2v) is 6.42. The van der Waals surface area contributed by atoms with Crippen LogP contribution in [0.25, 0.3) is 5.82 Å². The first kappa shape index (κ1) is 18.0. The van der Waals surface area contributed by atoms with Gasteiger partial charge in [-0.1, -0.05) is 0 Å². The Morgan fingerprint density at radius 2 is 1.79 bits per heavy atom. The van der Waals surface area contributed by atoms with Crippen LogP contribution in [0.2, 0.25) is 0 Å². The molecule has 8 nitrogen and oxygen atoms in total. The molecule has 0 saturated carbocycles. The third kappa shape index (κ3) is 3.80. The van der Waals surface area contributed by atoms with Crippen LogP contribution in [0.15, 0.2) is 55.2 Å². The number of hydrogen-bond donors (Lipinski definition) is 0. The maximum absolute atomic E-state index is 12.7. The monoisotopic (exact) mass is 378 g/mol. The quantitative estimate of drug-likeness (QED) is 0.676. The van der Waals surface area contributed by atoms with Gasteiger partial charge >= 0.3 is 0 Å². The maximum atomic E-state index is 12.7. The van der Waals surface area contributed by atoms with Crippen LogP contribution in [-0.2, 0) is 0 Å². The molecule has 0 aliphatic carbocycles. The van der Waals surface area contributed by atoms with Crippen LogP contribution in [0.3, 0.4) is 0 Å². The van der Waals surface area contributed by atoms with E-state index in [9.17, 15) is 4.79 Å². The summed E-state index contributed by atoms with van der Waals surface area (Å²) in [5, 5.41) is 0. The summed E-state index contributed by atoms with van der Waals surface area (Å²) in [5.41, 5.74) is 0.578. The second-order valence-electron chi connectivity index (χ2n) is 6.42. The summed E-state index contributed by atoms with van der Waals surface area (Å²) in [6, 6.07) is 9.38. The number of hydrogen-bond acceptors (Lipinski definition) is 6. The summed E-state index contributed by atoms with van der Waals surface area (Å²) in [6.07, 6.45) is 7.06. The van der Waals surface area contributed by atoms with Crippen molar-refractivity contribution in [1.29, 1.82) is 0 Å². The molecule has 1 aliphatic rings. The summed E-state index contributed by atoms with van der Waals surface area (Å²) in [6.45, 7) is 5.16. The Hall–Kier alpha value is -3.42. The largest absolute Gasteiger partial charge is 0.478 e. The second kappa shape index (κ2) is 8.08. The highest BCUT2D eigenvalue weighted by Gasteiger charge is 2.23. The van der Waals surface area contributed by atoms with Gasteiger partial charge in [-0.15, -0.1) is 0 Å². The Morgan fingerprint density at radius 1 is 1.04 bits per heavy atom. The van der Waals surface area contributed by atoms with Crippen LogP contribution >= 0.6 is 0 Å². The number of carbonyl (C=O) groups excluding carboxylic acids is 1. The Bertz CT molecular complexity index is 918. The SMILES string of the molecule is CCOc1ccc(C(=O)N2CCN(c3cc(-n4cccc4)ncn3)CC2)cn1. The molecule has 1 saturated heterocycles. The van der Waals surface area contributed by atoms with Crippen molar-refractivity contribution in [3.05, 3.63) is 60.8 Å². The smallest absolute Gasteiger partial charge is 0.255 e. The molecule has 3 aromatic rings. The maximum Gasteiger partial charge on any atom is 0.255 e. The summed E-state index contributed by atoms with van der Waals surface area (Å²) in [5.74, 6) is 2.22. The lowest BCUT2D eigenvalue weighted by Gasteiger charge is -2.35. The van der Waals surface area contributed by atoms with Crippen LogP contribution in [0.1, 0.15) is 17.3 Å². The molecular formula is C20H22N6O2. The van der Waals surface area contributed by atoms with E-state index in [1.165, 1.54) is 0 Å². The van der Waals surface area contributed by atoms with E-state index in [1.54, 1.807) is 24.7 Å². The van der Waals surface area contributed by atoms with E-state index in [0.29, 0.717) is 31.1 Å². The third-order valence-corrected chi connectivity index (χ3v) is 4.67. The topological polar surface area (TPSA) is 76.4 Å². The van der Waals surface area contributed by atoms with E-state index < -0.39 is 0 Å². The fraction of sp³-hybridized carbons (Fsp3) is 0.300. The van der Waals surface area contributed by atoms with Gasteiger partial charge in [-0.2, -0.15) is 0 Å². The number of nitrogens with zero attached hydrogens (tertiary/aromatic N) is 6. The van der Waals surface area contributed by atoms with E-state index >= 15 is 0 Å². The molecule has 0 aromatic carbocycles. The van der Waals surface area contributed by atoms with Gasteiger partial charge in [0.05, 0.1) is 12.2 Å². The standard InChI is InChI=1S/C20H22N6O2/c1-2-28-19-6-5-16(14-21-19)20(27)26-11-9-25(10-12-26)18-13-17(22-15-23-18)24-7-3-4-8-24/h3-8,13-15H,2,9-12H2,1H3. The molecule has 0 N–H and O–H groups in total. The summed E-state index contributed by atoms with van der Waals surface area (Å²) < 4.78 is 7.28. The molecule has 1 fully saturated rings. The van der Waals surface area contributed by atoms with Crippen LogP contribution in [0, 0.1) is 0 Å². The average Bonchev–Trinajstić information content (AvgIpc) is 3.29. The van der Waals surface area contributed by atoms with Gasteiger partial charge in [0.2, 0.25) is 5.88 Å². The molecule has 0 unspecified atom stereocenters. The van der Waals surface area contributed by atoms with Crippen molar-refractivity contribution in [3.8, 4) is 11.7 Å². The minimum atomic E-state index is -0.00841. The fourth-order valence-electron chi connectivity index (χ4n) is 3.20. The van der Waals surface area contributed by atoms with Crippen LogP contribution in [0.4, 0.5) is 5.82 Å². The number of ether oxygens (including phenoxy) is 1. The van der Waals surface area contributed by atoms with Crippen molar-refractivity contribution in [1.82, 2.24) is 24.4 Å². The lowest BCUT2D eigenvalue weighted by Crippen LogP contribution is -2.49. The average molecular weight is 378 g/mol. The first-order valence-corrected chi connectivity index (χ1v) is 9.33. The van der Waals surface area contributed by atoms with E-state index in [2.05, 4.69) is 19.9 Å². The lowest BCUT2D eigenvalue weighted by atomic mass is 10.2. The first-order chi connectivity index (χ1) is 13.7. The minimum Gasteiger partial charge on any atom is -0.478 e. The zero-order chi connectivity index (χ0) is 19.3. The molecule has 1 aliphatic heterocycles. The van der Waals surface area contributed by atoms with E-state index in [0.717, 1.165) is 24.7 Å². The summed E-state index contributed by atoms with van der Waals surface area (Å²) >= 11 is 0. The molecular weight excluding hydrogens is 356 g/mol. The number of anilines is 1. The predicted octanol–water partition coefficient (Wildman–Crippen LogP) is 2.02. The van der Waals surface area contributed by atoms with Gasteiger partial charge in [-0.05, 0) is 25.1 Å². The molecule has 4 rings (SSSR count). The van der Waals surface area contributed by atoms with Gasteiger partial charge in [0.1, 0.15) is 18.0 Å². The van der Waals surface area contributed by atoms with Gasteiger partial charge in [-0.3, -0.25) is 4.79 Å². The van der Waals surface area contributed by atoms with Crippen molar-refractivity contribution in [2.75, 3.05) is 37.7 Å². The molecule has 0 bridgehead atoms. The zero-order valence-electron chi connectivity index (χ0n) is 15.7. The highest BCUT2D eigenvalue weighted by Crippen LogP contribution is 2.17. The number of aromatic nitrogens is 4. The molecule has 3 aromatic heterocycles. The predicted molar refractivity (Wildman–Crippen MR) is 105 cm³/mol. The van der Waals surface area contributed by atoms with Crippen molar-refractivity contribution >= 4 is 11.7 Å². The number of pyridine rings is 1. The van der Waals surface area contributed by atoms with E-state index in [1.807, 2.05) is 47.0 Å². The number of rotatable bonds is 5. The molecule has 0 radical (unpaired) electrons. The van der Waals surface area contributed by atoms with Gasteiger partial charge in [0.15, 0.2) is 0 Å². The molecule has 4 heterocycles. The summed E-state index contributed by atoms with van der Waals surface area (Å²) in [4.78, 5) is 29.7. The van der Waals surface area contributed by atoms with Crippen molar-refractivity contribution in [2.24, 2.45) is 0 Å². The number of carbonyl (C=O) groups is 1. The fourth-order valence-corrected chi connectivity index (χ4v) is 3.20. The Balaban J connectivity index is 1.39. The molecule has 144 valence electrons. The van der Waals surface area contributed by atoms with E-state index in [-0.39, 0.29) is 5.91 Å². The van der Waals surface area contributed by atoms with Crippen molar-refractivity contribution < 1.29 is 9.53 Å². The molecule has 0 atom stereocenters. The highest BCUT2D eigenvalue weighted by atomic mass is 16.5. The molecule has 28 heavy (non-hydrogen) atoms. The Labute approximate surface area is 163 Å². The van der Waals surface area contributed by atoms with Crippen molar-refractivity contribution in [2.45, 2.75) is 6.92 Å². The van der Waals surface area contributed by atoms with Crippen LogP contribution < -0.4 is 9.64 Å². The van der Waals surface area contributed by atoms with Crippen molar-refractivity contribution in [3.63, 3.8) is 0 Å². The minimum absolute atomic E-state index is 0.00841. The lowest BCUT2D eigenvalue weighted by molar-refractivity contribution is 0.0746. The number of piperazine rings is 1. The van der Waals surface area contributed by atoms with Gasteiger partial charge < -0.3 is 19.1 Å². The zero-order valence-corrected chi connectivity index (χ0v) is 15.7. The highest BCUT2D eigenvalue weighted by molar-refractivity contribution is 5.94. The summed E-state index contributed by atoms with van der Waals surface area (Å²) in [7, 11) is 0. The normalized spacial score (nSPS) is 14.2. The Morgan fingerprint density at radius 3 is 2.46 bits per heavy atom. The first-order valence-electron chi connectivity index (χ1n) is 9.33. The molecule has 8 heteroatoms. The van der Waals surface area contributed by atoms with Crippen LogP contribution in [-0.4, -0.2) is 63.1 Å². The Kier molecular flexibility index (Phi) is 5.18. The van der Waals surface area contributed by atoms with Gasteiger partial charge in [0.25, 0.3) is 5.91 Å². The van der Waals surface area contributed by atoms with Crippen LogP contribution in [0.5, 0.6) is 5.88 Å². The molecule has 1 amide bonds. The molecule has 0 spiro atoms. The van der Waals surface area contributed by atoms with Gasteiger partial charge in [0, 0.05) is 56.9 Å². The van der Waals surface area contributed by atoms with E-state index in [4.69, 9.17) is 4.74 Å².